The van der Waals surface area contributed by atoms with Gasteiger partial charge in [0.25, 0.3) is 0 Å². The molecule has 0 unspecified atom stereocenters. The fraction of sp³-hybridized carbons (Fsp3) is 0.400. The van der Waals surface area contributed by atoms with Crippen LogP contribution in [0.2, 0.25) is 0 Å². The second-order valence-corrected chi connectivity index (χ2v) is 4.10. The highest BCUT2D eigenvalue weighted by Gasteiger charge is 2.12. The molecular weight excluding hydrogens is 240 g/mol. The first-order valence-electron chi connectivity index (χ1n) is 6.22. The average molecular weight is 260 g/mol. The Hall–Kier alpha value is -1.83. The minimum Gasteiger partial charge on any atom is -0.383 e. The van der Waals surface area contributed by atoms with E-state index in [9.17, 15) is 4.79 Å². The number of rotatable bonds is 8. The number of benzene rings is 1. The molecule has 102 valence electrons. The van der Waals surface area contributed by atoms with Crippen molar-refractivity contribution in [2.24, 2.45) is 0 Å². The normalized spacial score (nSPS) is 9.89. The second-order valence-electron chi connectivity index (χ2n) is 4.10. The van der Waals surface area contributed by atoms with Crippen LogP contribution in [-0.2, 0) is 16.1 Å². The van der Waals surface area contributed by atoms with E-state index in [2.05, 4.69) is 11.2 Å². The highest BCUT2D eigenvalue weighted by Crippen LogP contribution is 2.04. The number of terminal acetylenes is 1. The number of hydrogen-bond donors (Lipinski definition) is 1. The van der Waals surface area contributed by atoms with Crippen molar-refractivity contribution in [1.29, 1.82) is 0 Å². The molecule has 4 nitrogen and oxygen atoms in total. The maximum Gasteiger partial charge on any atom is 0.236 e. The maximum absolute atomic E-state index is 12.1. The summed E-state index contributed by atoms with van der Waals surface area (Å²) < 4.78 is 5.04. The Morgan fingerprint density at radius 1 is 1.42 bits per heavy atom. The number of carbonyl (C=O) groups is 1. The van der Waals surface area contributed by atoms with E-state index in [0.29, 0.717) is 26.2 Å². The van der Waals surface area contributed by atoms with Gasteiger partial charge in [0.2, 0.25) is 5.91 Å². The molecular formula is C15H20N2O2. The Morgan fingerprint density at radius 2 is 2.16 bits per heavy atom. The van der Waals surface area contributed by atoms with E-state index < -0.39 is 0 Å². The maximum atomic E-state index is 12.1. The van der Waals surface area contributed by atoms with Gasteiger partial charge in [0.05, 0.1) is 19.7 Å². The number of ether oxygens (including phenoxy) is 1. The third-order valence-corrected chi connectivity index (χ3v) is 2.64. The molecule has 0 fully saturated rings. The van der Waals surface area contributed by atoms with Crippen LogP contribution in [0.4, 0.5) is 0 Å². The van der Waals surface area contributed by atoms with E-state index in [4.69, 9.17) is 11.2 Å². The topological polar surface area (TPSA) is 41.6 Å². The van der Waals surface area contributed by atoms with E-state index in [-0.39, 0.29) is 12.5 Å². The fourth-order valence-corrected chi connectivity index (χ4v) is 1.65. The summed E-state index contributed by atoms with van der Waals surface area (Å²) in [6.07, 6.45) is 5.14. The molecule has 0 aliphatic rings. The number of amides is 1. The van der Waals surface area contributed by atoms with Gasteiger partial charge in [-0.1, -0.05) is 36.3 Å². The molecule has 0 aromatic heterocycles. The minimum atomic E-state index is 0.0242. The van der Waals surface area contributed by atoms with E-state index in [1.807, 2.05) is 30.3 Å². The lowest BCUT2D eigenvalue weighted by molar-refractivity contribution is -0.131. The predicted molar refractivity (Wildman–Crippen MR) is 75.4 cm³/mol. The smallest absolute Gasteiger partial charge is 0.236 e. The largest absolute Gasteiger partial charge is 0.383 e. The summed E-state index contributed by atoms with van der Waals surface area (Å²) in [5, 5.41) is 2.91. The van der Waals surface area contributed by atoms with Crippen LogP contribution in [0.15, 0.2) is 30.3 Å². The van der Waals surface area contributed by atoms with Gasteiger partial charge in [0.1, 0.15) is 0 Å². The molecule has 0 atom stereocenters. The fourth-order valence-electron chi connectivity index (χ4n) is 1.65. The molecule has 19 heavy (non-hydrogen) atoms. The lowest BCUT2D eigenvalue weighted by Crippen LogP contribution is -2.39. The van der Waals surface area contributed by atoms with Crippen molar-refractivity contribution in [3.05, 3.63) is 35.9 Å². The molecule has 0 heterocycles. The number of carbonyl (C=O) groups excluding carboxylic acids is 1. The van der Waals surface area contributed by atoms with Crippen molar-refractivity contribution >= 4 is 5.91 Å². The van der Waals surface area contributed by atoms with Crippen LogP contribution in [0.3, 0.4) is 0 Å². The quantitative estimate of drug-likeness (QED) is 0.557. The highest BCUT2D eigenvalue weighted by atomic mass is 16.5. The summed E-state index contributed by atoms with van der Waals surface area (Å²) in [6, 6.07) is 9.89. The van der Waals surface area contributed by atoms with Gasteiger partial charge < -0.3 is 9.64 Å². The third-order valence-electron chi connectivity index (χ3n) is 2.64. The lowest BCUT2D eigenvalue weighted by Gasteiger charge is -2.22. The average Bonchev–Trinajstić information content (AvgIpc) is 2.44. The first kappa shape index (κ1) is 15.2. The molecule has 0 radical (unpaired) electrons. The van der Waals surface area contributed by atoms with Gasteiger partial charge in [-0.15, -0.1) is 6.42 Å². The van der Waals surface area contributed by atoms with E-state index >= 15 is 0 Å². The zero-order valence-corrected chi connectivity index (χ0v) is 11.3. The van der Waals surface area contributed by atoms with Crippen LogP contribution in [0, 0.1) is 12.3 Å². The first-order chi connectivity index (χ1) is 9.27. The molecule has 1 aromatic carbocycles. The van der Waals surface area contributed by atoms with Crippen LogP contribution in [0.1, 0.15) is 5.56 Å². The Labute approximate surface area is 114 Å². The van der Waals surface area contributed by atoms with Gasteiger partial charge in [-0.3, -0.25) is 10.1 Å². The summed E-state index contributed by atoms with van der Waals surface area (Å²) in [5.41, 5.74) is 1.10. The summed E-state index contributed by atoms with van der Waals surface area (Å²) >= 11 is 0. The molecule has 1 aromatic rings. The monoisotopic (exact) mass is 260 g/mol. The highest BCUT2D eigenvalue weighted by molar-refractivity contribution is 5.78. The van der Waals surface area contributed by atoms with E-state index in [0.717, 1.165) is 5.56 Å². The SMILES string of the molecule is C#CCNCC(=O)N(CCOC)Cc1ccccc1. The third kappa shape index (κ3) is 6.05. The standard InChI is InChI=1S/C15H20N2O2/c1-3-9-16-12-15(18)17(10-11-19-2)13-14-7-5-4-6-8-14/h1,4-8,16H,9-13H2,2H3. The van der Waals surface area contributed by atoms with Crippen LogP contribution < -0.4 is 5.32 Å². The number of methoxy groups -OCH3 is 1. The van der Waals surface area contributed by atoms with Crippen molar-refractivity contribution in [2.45, 2.75) is 6.54 Å². The molecule has 0 spiro atoms. The van der Waals surface area contributed by atoms with Crippen molar-refractivity contribution in [2.75, 3.05) is 33.4 Å². The summed E-state index contributed by atoms with van der Waals surface area (Å²) in [5.74, 6) is 2.47. The zero-order valence-electron chi connectivity index (χ0n) is 11.3. The molecule has 1 amide bonds. The van der Waals surface area contributed by atoms with Crippen LogP contribution >= 0.6 is 0 Å². The molecule has 1 N–H and O–H groups in total. The first-order valence-corrected chi connectivity index (χ1v) is 6.22. The Morgan fingerprint density at radius 3 is 2.79 bits per heavy atom. The molecule has 0 saturated heterocycles. The van der Waals surface area contributed by atoms with E-state index in [1.165, 1.54) is 0 Å². The van der Waals surface area contributed by atoms with Crippen LogP contribution in [0.25, 0.3) is 0 Å². The Balaban J connectivity index is 2.55. The van der Waals surface area contributed by atoms with Gasteiger partial charge in [0.15, 0.2) is 0 Å². The van der Waals surface area contributed by atoms with Gasteiger partial charge >= 0.3 is 0 Å². The number of nitrogens with zero attached hydrogens (tertiary/aromatic N) is 1. The van der Waals surface area contributed by atoms with Crippen LogP contribution in [0.5, 0.6) is 0 Å². The molecule has 0 bridgehead atoms. The summed E-state index contributed by atoms with van der Waals surface area (Å²) in [7, 11) is 1.63. The molecule has 0 aliphatic heterocycles. The number of nitrogens with one attached hydrogen (secondary N) is 1. The number of hydrogen-bond acceptors (Lipinski definition) is 3. The van der Waals surface area contributed by atoms with Gasteiger partial charge in [-0.2, -0.15) is 0 Å². The summed E-state index contributed by atoms with van der Waals surface area (Å²) in [4.78, 5) is 13.8. The van der Waals surface area contributed by atoms with Gasteiger partial charge in [-0.25, -0.2) is 0 Å². The minimum absolute atomic E-state index is 0.0242. The molecule has 4 heteroatoms. The predicted octanol–water partition coefficient (Wildman–Crippen LogP) is 0.884. The lowest BCUT2D eigenvalue weighted by atomic mass is 10.2. The molecule has 0 aliphatic carbocycles. The molecule has 0 saturated carbocycles. The van der Waals surface area contributed by atoms with Crippen LogP contribution in [-0.4, -0.2) is 44.2 Å². The Kier molecular flexibility index (Phi) is 7.33. The second kappa shape index (κ2) is 9.15. The van der Waals surface area contributed by atoms with Crippen molar-refractivity contribution in [3.8, 4) is 12.3 Å². The zero-order chi connectivity index (χ0) is 13.9. The van der Waals surface area contributed by atoms with Crippen molar-refractivity contribution < 1.29 is 9.53 Å². The molecule has 1 rings (SSSR count). The van der Waals surface area contributed by atoms with Crippen molar-refractivity contribution in [3.63, 3.8) is 0 Å². The van der Waals surface area contributed by atoms with Gasteiger partial charge in [-0.05, 0) is 5.56 Å². The van der Waals surface area contributed by atoms with Crippen molar-refractivity contribution in [1.82, 2.24) is 10.2 Å². The summed E-state index contributed by atoms with van der Waals surface area (Å²) in [6.45, 7) is 2.33. The van der Waals surface area contributed by atoms with Gasteiger partial charge in [0, 0.05) is 20.2 Å². The van der Waals surface area contributed by atoms with E-state index in [1.54, 1.807) is 12.0 Å². The Bertz CT molecular complexity index is 412.